The predicted octanol–water partition coefficient (Wildman–Crippen LogP) is 2.88. The largest absolute Gasteiger partial charge is 0.439 e. The van der Waals surface area contributed by atoms with Crippen LogP contribution < -0.4 is 5.73 Å². The molecule has 0 aliphatic heterocycles. The monoisotopic (exact) mass is 271 g/mol. The molecule has 1 aromatic carbocycles. The Morgan fingerprint density at radius 3 is 2.50 bits per heavy atom. The van der Waals surface area contributed by atoms with Crippen molar-refractivity contribution in [1.29, 1.82) is 0 Å². The minimum atomic E-state index is -0.928. The molecule has 1 unspecified atom stereocenters. The summed E-state index contributed by atoms with van der Waals surface area (Å²) in [4.78, 5) is 11.0. The summed E-state index contributed by atoms with van der Waals surface area (Å²) in [6.07, 6.45) is -2.65. The van der Waals surface area contributed by atoms with Crippen LogP contribution in [0.2, 0.25) is 5.02 Å². The summed E-state index contributed by atoms with van der Waals surface area (Å²) in [5, 5.41) is 10.8. The molecule has 0 saturated carbocycles. The highest BCUT2D eigenvalue weighted by Gasteiger charge is 2.34. The molecule has 0 radical (unpaired) electrons. The molecule has 0 spiro atoms. The lowest BCUT2D eigenvalue weighted by Gasteiger charge is -2.32. The number of aliphatic hydroxyl groups is 1. The number of hydrogen-bond acceptors (Lipinski definition) is 3. The van der Waals surface area contributed by atoms with Crippen molar-refractivity contribution < 1.29 is 14.6 Å². The lowest BCUT2D eigenvalue weighted by molar-refractivity contribution is -0.0508. The molecule has 0 fully saturated rings. The van der Waals surface area contributed by atoms with E-state index < -0.39 is 23.7 Å². The molecule has 5 heteroatoms. The van der Waals surface area contributed by atoms with Gasteiger partial charge in [0.05, 0.1) is 0 Å². The van der Waals surface area contributed by atoms with Crippen LogP contribution in [0, 0.1) is 5.41 Å². The number of primary amides is 1. The number of benzene rings is 1. The number of nitrogens with two attached hydrogens (primary N) is 1. The molecule has 4 nitrogen and oxygen atoms in total. The van der Waals surface area contributed by atoms with Crippen LogP contribution in [0.15, 0.2) is 24.3 Å². The first kappa shape index (κ1) is 14.8. The van der Waals surface area contributed by atoms with Crippen molar-refractivity contribution in [1.82, 2.24) is 0 Å². The summed E-state index contributed by atoms with van der Waals surface area (Å²) in [5.74, 6) is 0. The van der Waals surface area contributed by atoms with Gasteiger partial charge in [-0.25, -0.2) is 4.79 Å². The molecule has 2 atom stereocenters. The van der Waals surface area contributed by atoms with Crippen molar-refractivity contribution in [3.8, 4) is 0 Å². The number of rotatable bonds is 3. The van der Waals surface area contributed by atoms with Gasteiger partial charge in [0.25, 0.3) is 0 Å². The number of ether oxygens (including phenoxy) is 1. The van der Waals surface area contributed by atoms with Gasteiger partial charge >= 0.3 is 6.09 Å². The van der Waals surface area contributed by atoms with E-state index in [-0.39, 0.29) is 0 Å². The Kier molecular flexibility index (Phi) is 4.59. The fraction of sp³-hybridized carbons (Fsp3) is 0.462. The van der Waals surface area contributed by atoms with Crippen LogP contribution in [0.5, 0.6) is 0 Å². The summed E-state index contributed by atoms with van der Waals surface area (Å²) < 4.78 is 5.01. The molecule has 1 rings (SSSR count). The van der Waals surface area contributed by atoms with E-state index in [2.05, 4.69) is 0 Å². The Bertz CT molecular complexity index is 428. The zero-order valence-corrected chi connectivity index (χ0v) is 11.4. The van der Waals surface area contributed by atoms with Crippen LogP contribution in [-0.2, 0) is 4.74 Å². The van der Waals surface area contributed by atoms with E-state index in [9.17, 15) is 9.90 Å². The highest BCUT2D eigenvalue weighted by atomic mass is 35.5. The predicted molar refractivity (Wildman–Crippen MR) is 70.3 cm³/mol. The Hall–Kier alpha value is -1.26. The van der Waals surface area contributed by atoms with E-state index in [1.54, 1.807) is 24.3 Å². The number of carbonyl (C=O) groups excluding carboxylic acids is 1. The van der Waals surface area contributed by atoms with Gasteiger partial charge in [-0.3, -0.25) is 0 Å². The first-order valence-electron chi connectivity index (χ1n) is 5.61. The van der Waals surface area contributed by atoms with E-state index in [1.807, 2.05) is 20.8 Å². The quantitative estimate of drug-likeness (QED) is 0.888. The summed E-state index contributed by atoms with van der Waals surface area (Å²) in [5.41, 5.74) is 5.20. The lowest BCUT2D eigenvalue weighted by atomic mass is 9.83. The minimum Gasteiger partial charge on any atom is -0.439 e. The maximum atomic E-state index is 11.0. The van der Waals surface area contributed by atoms with Crippen LogP contribution in [-0.4, -0.2) is 17.3 Å². The Labute approximate surface area is 112 Å². The van der Waals surface area contributed by atoms with Gasteiger partial charge in [0.15, 0.2) is 6.10 Å². The van der Waals surface area contributed by atoms with Gasteiger partial charge in [-0.2, -0.15) is 0 Å². The molecule has 0 aliphatic carbocycles. The topological polar surface area (TPSA) is 72.6 Å². The molecule has 0 heterocycles. The summed E-state index contributed by atoms with van der Waals surface area (Å²) in [6, 6.07) is 6.80. The van der Waals surface area contributed by atoms with Crippen LogP contribution in [0.3, 0.4) is 0 Å². The number of carbonyl (C=O) groups is 1. The summed E-state index contributed by atoms with van der Waals surface area (Å²) in [6.45, 7) is 5.54. The van der Waals surface area contributed by atoms with Crippen LogP contribution >= 0.6 is 11.6 Å². The average molecular weight is 272 g/mol. The standard InChI is InChI=1S/C13H18ClNO3/c1-13(2,3)11(16)10(18-12(15)17)8-5-4-6-9(14)7-8/h4-7,10-11,16H,1-3H3,(H2,15,17)/t10-,11?/m1/s1. The van der Waals surface area contributed by atoms with Crippen molar-refractivity contribution in [2.75, 3.05) is 0 Å². The van der Waals surface area contributed by atoms with Gasteiger partial charge in [-0.05, 0) is 23.1 Å². The van der Waals surface area contributed by atoms with E-state index in [0.717, 1.165) is 0 Å². The molecule has 100 valence electrons. The average Bonchev–Trinajstić information content (AvgIpc) is 2.23. The maximum Gasteiger partial charge on any atom is 0.405 e. The minimum absolute atomic E-state index is 0.456. The Balaban J connectivity index is 3.09. The Morgan fingerprint density at radius 2 is 2.06 bits per heavy atom. The van der Waals surface area contributed by atoms with Gasteiger partial charge in [-0.1, -0.05) is 44.5 Å². The van der Waals surface area contributed by atoms with Gasteiger partial charge in [0.1, 0.15) is 6.10 Å². The molecule has 18 heavy (non-hydrogen) atoms. The highest BCUT2D eigenvalue weighted by molar-refractivity contribution is 6.30. The third-order valence-electron chi connectivity index (χ3n) is 2.59. The van der Waals surface area contributed by atoms with Crippen molar-refractivity contribution in [2.45, 2.75) is 33.0 Å². The first-order chi connectivity index (χ1) is 8.21. The molecule has 0 aliphatic rings. The molecule has 3 N–H and O–H groups in total. The van der Waals surface area contributed by atoms with Gasteiger partial charge in [-0.15, -0.1) is 0 Å². The van der Waals surface area contributed by atoms with E-state index >= 15 is 0 Å². The van der Waals surface area contributed by atoms with Gasteiger partial charge in [0.2, 0.25) is 0 Å². The zero-order chi connectivity index (χ0) is 13.9. The summed E-state index contributed by atoms with van der Waals surface area (Å²) in [7, 11) is 0. The molecule has 1 amide bonds. The SMILES string of the molecule is CC(C)(C)C(O)[C@H](OC(N)=O)c1cccc(Cl)c1. The summed E-state index contributed by atoms with van der Waals surface area (Å²) >= 11 is 5.89. The number of halogens is 1. The number of amides is 1. The third-order valence-corrected chi connectivity index (χ3v) is 2.83. The van der Waals surface area contributed by atoms with Crippen molar-refractivity contribution >= 4 is 17.7 Å². The van der Waals surface area contributed by atoms with Crippen molar-refractivity contribution in [3.63, 3.8) is 0 Å². The first-order valence-corrected chi connectivity index (χ1v) is 5.99. The fourth-order valence-electron chi connectivity index (χ4n) is 1.58. The molecule has 0 bridgehead atoms. The van der Waals surface area contributed by atoms with Crippen LogP contribution in [0.4, 0.5) is 4.79 Å². The van der Waals surface area contributed by atoms with E-state index in [4.69, 9.17) is 22.1 Å². The zero-order valence-electron chi connectivity index (χ0n) is 10.7. The second kappa shape index (κ2) is 5.59. The normalized spacial score (nSPS) is 14.9. The molecule has 1 aromatic rings. The van der Waals surface area contributed by atoms with Crippen LogP contribution in [0.1, 0.15) is 32.4 Å². The molecule has 0 aromatic heterocycles. The van der Waals surface area contributed by atoms with E-state index in [0.29, 0.717) is 10.6 Å². The van der Waals surface area contributed by atoms with Crippen molar-refractivity contribution in [3.05, 3.63) is 34.9 Å². The molecule has 0 saturated heterocycles. The second-order valence-electron chi connectivity index (χ2n) is 5.22. The second-order valence-corrected chi connectivity index (χ2v) is 5.66. The Morgan fingerprint density at radius 1 is 1.44 bits per heavy atom. The lowest BCUT2D eigenvalue weighted by Crippen LogP contribution is -2.36. The third kappa shape index (κ3) is 3.89. The highest BCUT2D eigenvalue weighted by Crippen LogP contribution is 2.33. The maximum absolute atomic E-state index is 11.0. The number of hydrogen-bond donors (Lipinski definition) is 2. The van der Waals surface area contributed by atoms with Crippen molar-refractivity contribution in [2.24, 2.45) is 11.1 Å². The smallest absolute Gasteiger partial charge is 0.405 e. The van der Waals surface area contributed by atoms with E-state index in [1.165, 1.54) is 0 Å². The van der Waals surface area contributed by atoms with Gasteiger partial charge in [0, 0.05) is 5.02 Å². The van der Waals surface area contributed by atoms with Gasteiger partial charge < -0.3 is 15.6 Å². The van der Waals surface area contributed by atoms with Crippen LogP contribution in [0.25, 0.3) is 0 Å². The fourth-order valence-corrected chi connectivity index (χ4v) is 1.78. The molecular weight excluding hydrogens is 254 g/mol. The number of aliphatic hydroxyl groups excluding tert-OH is 1. The molecular formula is C13H18ClNO3.